The highest BCUT2D eigenvalue weighted by Gasteiger charge is 2.14. The molecule has 27 heavy (non-hydrogen) atoms. The lowest BCUT2D eigenvalue weighted by Gasteiger charge is -2.10. The molecular weight excluding hydrogens is 362 g/mol. The molecule has 7 heteroatoms. The van der Waals surface area contributed by atoms with Crippen molar-refractivity contribution in [2.75, 3.05) is 11.1 Å². The number of para-hydroxylation sites is 1. The number of phenols is 1. The van der Waals surface area contributed by atoms with Crippen molar-refractivity contribution in [1.29, 1.82) is 0 Å². The maximum Gasteiger partial charge on any atom is 0.221 e. The van der Waals surface area contributed by atoms with E-state index in [-0.39, 0.29) is 28.9 Å². The largest absolute Gasteiger partial charge is 0.506 e. The van der Waals surface area contributed by atoms with Crippen molar-refractivity contribution in [3.05, 3.63) is 66.0 Å². The summed E-state index contributed by atoms with van der Waals surface area (Å²) in [6, 6.07) is 12.4. The summed E-state index contributed by atoms with van der Waals surface area (Å²) in [4.78, 5) is 28.1. The fourth-order valence-corrected chi connectivity index (χ4v) is 3.49. The standard InChI is InChI=1S/C20H19N3O3S/c1-13-5-3-4-6-17(13)23-10-9-21-20(23)27-12-19(26)15-7-8-18(25)16(11-15)22-14(2)24/h3-11,25H,12H2,1-2H3,(H,22,24). The molecule has 2 N–H and O–H groups in total. The second-order valence-corrected chi connectivity index (χ2v) is 6.93. The molecule has 1 heterocycles. The lowest BCUT2D eigenvalue weighted by Crippen LogP contribution is -2.09. The summed E-state index contributed by atoms with van der Waals surface area (Å²) in [6.45, 7) is 3.37. The maximum atomic E-state index is 12.6. The first-order valence-corrected chi connectivity index (χ1v) is 9.30. The molecule has 2 aromatic carbocycles. The summed E-state index contributed by atoms with van der Waals surface area (Å²) < 4.78 is 1.95. The number of aryl methyl sites for hydroxylation is 1. The molecule has 1 amide bonds. The Bertz CT molecular complexity index is 998. The SMILES string of the molecule is CC(=O)Nc1cc(C(=O)CSc2nccn2-c2ccccc2C)ccc1O. The molecule has 0 atom stereocenters. The summed E-state index contributed by atoms with van der Waals surface area (Å²) in [6.07, 6.45) is 3.57. The van der Waals surface area contributed by atoms with Gasteiger partial charge < -0.3 is 10.4 Å². The summed E-state index contributed by atoms with van der Waals surface area (Å²) in [5.41, 5.74) is 2.77. The van der Waals surface area contributed by atoms with Crippen LogP contribution in [0.25, 0.3) is 5.69 Å². The Morgan fingerprint density at radius 3 is 2.74 bits per heavy atom. The van der Waals surface area contributed by atoms with E-state index in [1.165, 1.54) is 36.9 Å². The van der Waals surface area contributed by atoms with Crippen molar-refractivity contribution in [2.45, 2.75) is 19.0 Å². The Balaban J connectivity index is 1.75. The van der Waals surface area contributed by atoms with Crippen LogP contribution in [-0.2, 0) is 4.79 Å². The molecule has 0 aliphatic heterocycles. The van der Waals surface area contributed by atoms with E-state index in [0.717, 1.165) is 16.4 Å². The van der Waals surface area contributed by atoms with Gasteiger partial charge in [-0.2, -0.15) is 0 Å². The number of aromatic nitrogens is 2. The van der Waals surface area contributed by atoms with Crippen molar-refractivity contribution < 1.29 is 14.7 Å². The number of benzene rings is 2. The Hall–Kier alpha value is -3.06. The molecule has 0 unspecified atom stereocenters. The van der Waals surface area contributed by atoms with Gasteiger partial charge in [-0.25, -0.2) is 4.98 Å². The third kappa shape index (κ3) is 4.38. The van der Waals surface area contributed by atoms with Gasteiger partial charge >= 0.3 is 0 Å². The molecule has 0 fully saturated rings. The first-order valence-electron chi connectivity index (χ1n) is 8.31. The number of rotatable bonds is 6. The molecule has 0 bridgehead atoms. The van der Waals surface area contributed by atoms with Gasteiger partial charge in [0.05, 0.1) is 17.1 Å². The number of ketones is 1. The number of amides is 1. The summed E-state index contributed by atoms with van der Waals surface area (Å²) in [5, 5.41) is 13.0. The van der Waals surface area contributed by atoms with Crippen LogP contribution in [0.4, 0.5) is 5.69 Å². The number of hydrogen-bond donors (Lipinski definition) is 2. The average Bonchev–Trinajstić information content (AvgIpc) is 3.10. The average molecular weight is 381 g/mol. The number of nitrogens with one attached hydrogen (secondary N) is 1. The quantitative estimate of drug-likeness (QED) is 0.385. The zero-order valence-corrected chi connectivity index (χ0v) is 15.8. The zero-order chi connectivity index (χ0) is 19.4. The van der Waals surface area contributed by atoms with E-state index in [1.807, 2.05) is 42.0 Å². The Morgan fingerprint density at radius 1 is 1.22 bits per heavy atom. The number of carbonyl (C=O) groups is 2. The van der Waals surface area contributed by atoms with Crippen LogP contribution in [0, 0.1) is 6.92 Å². The van der Waals surface area contributed by atoms with Crippen molar-refractivity contribution >= 4 is 29.1 Å². The third-order valence-corrected chi connectivity index (χ3v) is 4.91. The molecule has 0 saturated heterocycles. The zero-order valence-electron chi connectivity index (χ0n) is 15.0. The van der Waals surface area contributed by atoms with Gasteiger partial charge in [-0.05, 0) is 36.8 Å². The van der Waals surface area contributed by atoms with Gasteiger partial charge in [0.25, 0.3) is 0 Å². The van der Waals surface area contributed by atoms with Gasteiger partial charge in [0.1, 0.15) is 5.75 Å². The van der Waals surface area contributed by atoms with Crippen LogP contribution in [0.1, 0.15) is 22.8 Å². The number of anilines is 1. The molecule has 0 spiro atoms. The number of aromatic hydroxyl groups is 1. The fraction of sp³-hybridized carbons (Fsp3) is 0.150. The fourth-order valence-electron chi connectivity index (χ4n) is 2.63. The Kier molecular flexibility index (Phi) is 5.61. The Labute approximate surface area is 161 Å². The minimum atomic E-state index is -0.315. The van der Waals surface area contributed by atoms with Crippen molar-refractivity contribution in [2.24, 2.45) is 0 Å². The highest BCUT2D eigenvalue weighted by molar-refractivity contribution is 7.99. The van der Waals surface area contributed by atoms with E-state index in [2.05, 4.69) is 10.3 Å². The van der Waals surface area contributed by atoms with Gasteiger partial charge in [-0.1, -0.05) is 30.0 Å². The van der Waals surface area contributed by atoms with Crippen LogP contribution >= 0.6 is 11.8 Å². The summed E-state index contributed by atoms with van der Waals surface area (Å²) >= 11 is 1.34. The third-order valence-electron chi connectivity index (χ3n) is 3.94. The number of phenolic OH excluding ortho intramolecular Hbond substituents is 1. The van der Waals surface area contributed by atoms with E-state index in [9.17, 15) is 14.7 Å². The van der Waals surface area contributed by atoms with E-state index >= 15 is 0 Å². The first-order chi connectivity index (χ1) is 13.0. The summed E-state index contributed by atoms with van der Waals surface area (Å²) in [5.74, 6) is -0.326. The number of nitrogens with zero attached hydrogens (tertiary/aromatic N) is 2. The second kappa shape index (κ2) is 8.09. The van der Waals surface area contributed by atoms with Crippen LogP contribution in [0.3, 0.4) is 0 Å². The molecule has 0 aliphatic rings. The van der Waals surface area contributed by atoms with E-state index in [1.54, 1.807) is 6.20 Å². The van der Waals surface area contributed by atoms with Crippen LogP contribution in [0.15, 0.2) is 60.0 Å². The van der Waals surface area contributed by atoms with Crippen molar-refractivity contribution in [3.8, 4) is 11.4 Å². The van der Waals surface area contributed by atoms with Crippen LogP contribution < -0.4 is 5.32 Å². The topological polar surface area (TPSA) is 84.2 Å². The lowest BCUT2D eigenvalue weighted by molar-refractivity contribution is -0.114. The molecule has 0 aliphatic carbocycles. The molecule has 0 radical (unpaired) electrons. The Morgan fingerprint density at radius 2 is 2.00 bits per heavy atom. The minimum Gasteiger partial charge on any atom is -0.506 e. The smallest absolute Gasteiger partial charge is 0.221 e. The summed E-state index contributed by atoms with van der Waals surface area (Å²) in [7, 11) is 0. The number of thioether (sulfide) groups is 1. The predicted octanol–water partition coefficient (Wildman–Crippen LogP) is 3.82. The first kappa shape index (κ1) is 18.7. The highest BCUT2D eigenvalue weighted by atomic mass is 32.2. The number of Topliss-reactive ketones (excluding diaryl/α,β-unsaturated/α-hetero) is 1. The molecule has 3 aromatic rings. The van der Waals surface area contributed by atoms with Gasteiger partial charge in [0.15, 0.2) is 10.9 Å². The molecule has 3 rings (SSSR count). The van der Waals surface area contributed by atoms with E-state index in [0.29, 0.717) is 5.56 Å². The lowest BCUT2D eigenvalue weighted by atomic mass is 10.1. The predicted molar refractivity (Wildman–Crippen MR) is 106 cm³/mol. The second-order valence-electron chi connectivity index (χ2n) is 5.99. The van der Waals surface area contributed by atoms with Crippen molar-refractivity contribution in [3.63, 3.8) is 0 Å². The van der Waals surface area contributed by atoms with Gasteiger partial charge in [0, 0.05) is 24.9 Å². The highest BCUT2D eigenvalue weighted by Crippen LogP contribution is 2.27. The van der Waals surface area contributed by atoms with E-state index < -0.39 is 0 Å². The van der Waals surface area contributed by atoms with Crippen LogP contribution in [0.2, 0.25) is 0 Å². The van der Waals surface area contributed by atoms with Crippen molar-refractivity contribution in [1.82, 2.24) is 9.55 Å². The molecule has 6 nitrogen and oxygen atoms in total. The van der Waals surface area contributed by atoms with Gasteiger partial charge in [-0.15, -0.1) is 0 Å². The van der Waals surface area contributed by atoms with Crippen LogP contribution in [0.5, 0.6) is 5.75 Å². The van der Waals surface area contributed by atoms with Crippen LogP contribution in [-0.4, -0.2) is 32.1 Å². The number of hydrogen-bond acceptors (Lipinski definition) is 5. The molecule has 1 aromatic heterocycles. The van der Waals surface area contributed by atoms with E-state index in [4.69, 9.17) is 0 Å². The normalized spacial score (nSPS) is 10.6. The molecular formula is C20H19N3O3S. The molecule has 138 valence electrons. The monoisotopic (exact) mass is 381 g/mol. The van der Waals surface area contributed by atoms with Gasteiger partial charge in [-0.3, -0.25) is 14.2 Å². The number of carbonyl (C=O) groups excluding carboxylic acids is 2. The van der Waals surface area contributed by atoms with Gasteiger partial charge in [0.2, 0.25) is 5.91 Å². The maximum absolute atomic E-state index is 12.6. The molecule has 0 saturated carbocycles. The number of imidazole rings is 1. The minimum absolute atomic E-state index is 0.0792.